The summed E-state index contributed by atoms with van der Waals surface area (Å²) in [4.78, 5) is 51.0. The van der Waals surface area contributed by atoms with Crippen molar-refractivity contribution in [3.8, 4) is 5.69 Å². The molecule has 2 amide bonds. The number of rotatable bonds is 6. The number of ketones is 1. The van der Waals surface area contributed by atoms with E-state index in [2.05, 4.69) is 0 Å². The maximum Gasteiger partial charge on any atom is 0.326 e. The Labute approximate surface area is 181 Å². The lowest BCUT2D eigenvalue weighted by Crippen LogP contribution is -2.37. The van der Waals surface area contributed by atoms with Crippen LogP contribution in [0.1, 0.15) is 47.4 Å². The summed E-state index contributed by atoms with van der Waals surface area (Å²) in [6, 6.07) is 11.5. The summed E-state index contributed by atoms with van der Waals surface area (Å²) in [5.74, 6) is -2.26. The number of aromatic nitrogens is 1. The molecule has 2 aliphatic rings. The number of ether oxygens (including phenoxy) is 1. The highest BCUT2D eigenvalue weighted by molar-refractivity contribution is 6.07. The van der Waals surface area contributed by atoms with Gasteiger partial charge in [0.05, 0.1) is 11.8 Å². The first-order valence-corrected chi connectivity index (χ1v) is 10.7. The maximum atomic E-state index is 12.7. The lowest BCUT2D eigenvalue weighted by atomic mass is 9.81. The molecule has 1 saturated heterocycles. The number of hydrogen-bond acceptors (Lipinski definition) is 5. The van der Waals surface area contributed by atoms with Crippen molar-refractivity contribution in [3.63, 3.8) is 0 Å². The van der Waals surface area contributed by atoms with Crippen LogP contribution in [0.2, 0.25) is 0 Å². The van der Waals surface area contributed by atoms with Gasteiger partial charge in [0.2, 0.25) is 17.6 Å². The highest BCUT2D eigenvalue weighted by Crippen LogP contribution is 2.37. The first-order valence-electron chi connectivity index (χ1n) is 10.7. The number of nitrogens with zero attached hydrogens (tertiary/aromatic N) is 2. The number of para-hydroxylation sites is 1. The van der Waals surface area contributed by atoms with Gasteiger partial charge in [-0.25, -0.2) is 0 Å². The fourth-order valence-corrected chi connectivity index (χ4v) is 4.80. The van der Waals surface area contributed by atoms with Gasteiger partial charge in [-0.3, -0.25) is 24.1 Å². The van der Waals surface area contributed by atoms with Gasteiger partial charge in [-0.1, -0.05) is 31.0 Å². The van der Waals surface area contributed by atoms with E-state index in [0.717, 1.165) is 34.8 Å². The van der Waals surface area contributed by atoms with Crippen LogP contribution in [0.4, 0.5) is 0 Å². The topological polar surface area (TPSA) is 85.7 Å². The molecule has 1 saturated carbocycles. The Balaban J connectivity index is 1.39. The third-order valence-corrected chi connectivity index (χ3v) is 6.33. The molecule has 0 bridgehead atoms. The smallest absolute Gasteiger partial charge is 0.326 e. The molecule has 0 radical (unpaired) electrons. The largest absolute Gasteiger partial charge is 0.456 e. The number of carbonyl (C=O) groups excluding carboxylic acids is 4. The van der Waals surface area contributed by atoms with E-state index in [1.165, 1.54) is 0 Å². The van der Waals surface area contributed by atoms with Crippen LogP contribution in [0.15, 0.2) is 36.4 Å². The number of fused-ring (bicyclic) bond motifs is 1. The monoisotopic (exact) mass is 422 g/mol. The Kier molecular flexibility index (Phi) is 5.76. The molecule has 2 fully saturated rings. The average Bonchev–Trinajstić information content (AvgIpc) is 3.21. The van der Waals surface area contributed by atoms with E-state index in [1.54, 1.807) is 6.07 Å². The molecule has 2 atom stereocenters. The molecule has 0 N–H and O–H groups in total. The predicted molar refractivity (Wildman–Crippen MR) is 113 cm³/mol. The normalized spacial score (nSPS) is 20.6. The van der Waals surface area contributed by atoms with Crippen LogP contribution in [-0.2, 0) is 19.1 Å². The molecule has 0 unspecified atom stereocenters. The molecule has 4 rings (SSSR count). The number of aryl methyl sites for hydroxylation is 1. The summed E-state index contributed by atoms with van der Waals surface area (Å²) in [6.45, 7) is 2.90. The minimum atomic E-state index is -0.745. The Morgan fingerprint density at radius 2 is 1.61 bits per heavy atom. The zero-order valence-corrected chi connectivity index (χ0v) is 17.8. The van der Waals surface area contributed by atoms with Crippen molar-refractivity contribution in [2.75, 3.05) is 13.2 Å². The maximum absolute atomic E-state index is 12.7. The van der Waals surface area contributed by atoms with Crippen LogP contribution in [0.3, 0.4) is 0 Å². The van der Waals surface area contributed by atoms with Crippen molar-refractivity contribution >= 4 is 23.6 Å². The third kappa shape index (κ3) is 3.92. The molecule has 7 nitrogen and oxygen atoms in total. The molecule has 1 aromatic heterocycles. The number of benzene rings is 1. The molecule has 2 aromatic rings. The van der Waals surface area contributed by atoms with Crippen LogP contribution >= 0.6 is 0 Å². The van der Waals surface area contributed by atoms with E-state index >= 15 is 0 Å². The molecule has 1 aliphatic heterocycles. The molecule has 0 spiro atoms. The van der Waals surface area contributed by atoms with Gasteiger partial charge in [-0.05, 0) is 44.9 Å². The fourth-order valence-electron chi connectivity index (χ4n) is 4.80. The van der Waals surface area contributed by atoms with Crippen LogP contribution in [-0.4, -0.2) is 46.2 Å². The number of carbonyl (C=O) groups is 4. The lowest BCUT2D eigenvalue weighted by Gasteiger charge is -2.19. The van der Waals surface area contributed by atoms with Gasteiger partial charge in [0.1, 0.15) is 6.54 Å². The van der Waals surface area contributed by atoms with Gasteiger partial charge in [0, 0.05) is 22.6 Å². The van der Waals surface area contributed by atoms with Crippen molar-refractivity contribution in [2.24, 2.45) is 11.8 Å². The number of Topliss-reactive ketones (excluding diaryl/α,β-unsaturated/α-hetero) is 1. The Morgan fingerprint density at radius 3 is 2.23 bits per heavy atom. The molecular formula is C24H26N2O5. The van der Waals surface area contributed by atoms with Crippen LogP contribution in [0.5, 0.6) is 0 Å². The van der Waals surface area contributed by atoms with E-state index in [4.69, 9.17) is 4.74 Å². The molecule has 1 aliphatic carbocycles. The molecule has 1 aromatic carbocycles. The first kappa shape index (κ1) is 21.0. The van der Waals surface area contributed by atoms with Gasteiger partial charge in [-0.15, -0.1) is 0 Å². The van der Waals surface area contributed by atoms with Crippen molar-refractivity contribution in [1.82, 2.24) is 9.47 Å². The van der Waals surface area contributed by atoms with Crippen molar-refractivity contribution in [2.45, 2.75) is 39.5 Å². The van der Waals surface area contributed by atoms with E-state index in [1.807, 2.05) is 48.7 Å². The lowest BCUT2D eigenvalue weighted by molar-refractivity contribution is -0.152. The molecule has 7 heteroatoms. The Hall–Kier alpha value is -3.22. The van der Waals surface area contributed by atoms with Crippen LogP contribution < -0.4 is 0 Å². The fraction of sp³-hybridized carbons (Fsp3) is 0.417. The van der Waals surface area contributed by atoms with Gasteiger partial charge in [0.25, 0.3) is 0 Å². The second-order valence-corrected chi connectivity index (χ2v) is 8.30. The summed E-state index contributed by atoms with van der Waals surface area (Å²) in [6.07, 6.45) is 3.23. The zero-order valence-electron chi connectivity index (χ0n) is 17.8. The molecule has 2 heterocycles. The van der Waals surface area contributed by atoms with Gasteiger partial charge in [-0.2, -0.15) is 0 Å². The minimum Gasteiger partial charge on any atom is -0.456 e. The number of hydrogen-bond donors (Lipinski definition) is 0. The van der Waals surface area contributed by atoms with Crippen molar-refractivity contribution in [3.05, 3.63) is 53.3 Å². The quantitative estimate of drug-likeness (QED) is 0.406. The molecular weight excluding hydrogens is 396 g/mol. The van der Waals surface area contributed by atoms with Crippen molar-refractivity contribution < 1.29 is 23.9 Å². The summed E-state index contributed by atoms with van der Waals surface area (Å²) in [7, 11) is 0. The van der Waals surface area contributed by atoms with E-state index in [0.29, 0.717) is 18.4 Å². The predicted octanol–water partition coefficient (Wildman–Crippen LogP) is 3.00. The van der Waals surface area contributed by atoms with E-state index in [9.17, 15) is 19.2 Å². The van der Waals surface area contributed by atoms with Gasteiger partial charge >= 0.3 is 5.97 Å². The standard InChI is InChI=1S/C24H26N2O5/c1-15-12-20(16(2)26(15)17-8-4-3-5-9-17)21(27)14-31-22(28)13-25-23(29)18-10-6-7-11-19(18)24(25)30/h3-5,8-9,12,18-19H,6-7,10-11,13-14H2,1-2H3/t18-,19-/m1/s1. The highest BCUT2D eigenvalue weighted by Gasteiger charge is 2.48. The third-order valence-electron chi connectivity index (χ3n) is 6.33. The Bertz CT molecular complexity index is 1020. The van der Waals surface area contributed by atoms with E-state index in [-0.39, 0.29) is 29.4 Å². The SMILES string of the molecule is Cc1cc(C(=O)COC(=O)CN2C(=O)[C@@H]3CCCC[C@H]3C2=O)c(C)n1-c1ccccc1. The second kappa shape index (κ2) is 8.49. The second-order valence-electron chi connectivity index (χ2n) is 8.30. The summed E-state index contributed by atoms with van der Waals surface area (Å²) >= 11 is 0. The number of likely N-dealkylation sites (tertiary alicyclic amines) is 1. The summed E-state index contributed by atoms with van der Waals surface area (Å²) < 4.78 is 7.11. The molecule has 162 valence electrons. The van der Waals surface area contributed by atoms with E-state index < -0.39 is 19.1 Å². The first-order chi connectivity index (χ1) is 14.9. The van der Waals surface area contributed by atoms with Gasteiger partial charge < -0.3 is 9.30 Å². The van der Waals surface area contributed by atoms with Gasteiger partial charge in [0.15, 0.2) is 6.61 Å². The minimum absolute atomic E-state index is 0.288. The summed E-state index contributed by atoms with van der Waals surface area (Å²) in [5.41, 5.74) is 3.09. The molecule has 31 heavy (non-hydrogen) atoms. The highest BCUT2D eigenvalue weighted by atomic mass is 16.5. The Morgan fingerprint density at radius 1 is 1.00 bits per heavy atom. The number of imide groups is 1. The average molecular weight is 422 g/mol. The zero-order chi connectivity index (χ0) is 22.1. The summed E-state index contributed by atoms with van der Waals surface area (Å²) in [5, 5.41) is 0. The number of esters is 1. The van der Waals surface area contributed by atoms with Crippen LogP contribution in [0, 0.1) is 25.7 Å². The van der Waals surface area contributed by atoms with Crippen molar-refractivity contribution in [1.29, 1.82) is 0 Å². The number of amides is 2. The van der Waals surface area contributed by atoms with Crippen LogP contribution in [0.25, 0.3) is 5.69 Å².